The van der Waals surface area contributed by atoms with Gasteiger partial charge in [0.2, 0.25) is 15.9 Å². The summed E-state index contributed by atoms with van der Waals surface area (Å²) in [6.45, 7) is 2.39. The lowest BCUT2D eigenvalue weighted by atomic mass is 9.74. The number of urea groups is 1. The molecule has 4 aliphatic rings. The van der Waals surface area contributed by atoms with Gasteiger partial charge in [0.15, 0.2) is 0 Å². The molecule has 0 aromatic heterocycles. The average Bonchev–Trinajstić information content (AvgIpc) is 2.99. The molecule has 32 heavy (non-hydrogen) atoms. The molecule has 4 aliphatic heterocycles. The quantitative estimate of drug-likeness (QED) is 0.708. The van der Waals surface area contributed by atoms with Crippen LogP contribution in [0.5, 0.6) is 5.75 Å². The number of carbonyl (C=O) groups excluding carboxylic acids is 2. The van der Waals surface area contributed by atoms with Crippen molar-refractivity contribution in [3.8, 4) is 5.75 Å². The maximum Gasteiger partial charge on any atom is 0.573 e. The maximum absolute atomic E-state index is 12.7. The van der Waals surface area contributed by atoms with Crippen LogP contribution in [0, 0.1) is 5.41 Å². The molecule has 4 saturated heterocycles. The highest BCUT2D eigenvalue weighted by molar-refractivity contribution is 7.89. The van der Waals surface area contributed by atoms with Crippen molar-refractivity contribution >= 4 is 22.0 Å². The summed E-state index contributed by atoms with van der Waals surface area (Å²) in [6, 6.07) is 3.99. The van der Waals surface area contributed by atoms with Crippen molar-refractivity contribution in [2.24, 2.45) is 5.41 Å². The Labute approximate surface area is 183 Å². The second kappa shape index (κ2) is 6.73. The number of carbonyl (C=O) groups is 2. The van der Waals surface area contributed by atoms with E-state index in [1.807, 2.05) is 0 Å². The van der Waals surface area contributed by atoms with E-state index in [0.29, 0.717) is 32.6 Å². The first-order valence-corrected chi connectivity index (χ1v) is 11.5. The maximum atomic E-state index is 12.7. The third-order valence-electron chi connectivity index (χ3n) is 6.53. The molecule has 13 heteroatoms. The van der Waals surface area contributed by atoms with Crippen molar-refractivity contribution in [3.63, 3.8) is 0 Å². The fraction of sp³-hybridized carbons (Fsp3) is 0.579. The van der Waals surface area contributed by atoms with Gasteiger partial charge in [0.1, 0.15) is 5.75 Å². The number of hydrogen-bond acceptors (Lipinski definition) is 5. The van der Waals surface area contributed by atoms with Crippen LogP contribution in [0.4, 0.5) is 18.0 Å². The first-order valence-electron chi connectivity index (χ1n) is 10.1. The van der Waals surface area contributed by atoms with Crippen LogP contribution in [-0.4, -0.2) is 85.6 Å². The number of amides is 3. The monoisotopic (exact) mass is 476 g/mol. The molecule has 0 atom stereocenters. The lowest BCUT2D eigenvalue weighted by Crippen LogP contribution is -2.77. The average molecular weight is 476 g/mol. The third-order valence-corrected chi connectivity index (χ3v) is 8.34. The molecule has 4 heterocycles. The summed E-state index contributed by atoms with van der Waals surface area (Å²) in [5.41, 5.74) is -0.566. The van der Waals surface area contributed by atoms with Crippen molar-refractivity contribution in [1.82, 2.24) is 19.4 Å². The minimum Gasteiger partial charge on any atom is -0.406 e. The third kappa shape index (κ3) is 3.56. The molecule has 176 valence electrons. The van der Waals surface area contributed by atoms with Crippen LogP contribution in [0.1, 0.15) is 14.3 Å². The molecule has 0 saturated carbocycles. The number of nitrogens with one attached hydrogen (secondary N) is 1. The van der Waals surface area contributed by atoms with Crippen molar-refractivity contribution in [2.45, 2.75) is 29.6 Å². The topological polar surface area (TPSA) is 99.3 Å². The van der Waals surface area contributed by atoms with E-state index in [-0.39, 0.29) is 42.3 Å². The Morgan fingerprint density at radius 2 is 1.62 bits per heavy atom. The summed E-state index contributed by atoms with van der Waals surface area (Å²) < 4.78 is 67.3. The number of likely N-dealkylation sites (tertiary alicyclic amines) is 2. The molecule has 0 aliphatic carbocycles. The summed E-state index contributed by atoms with van der Waals surface area (Å²) in [7, 11) is -3.84. The van der Waals surface area contributed by atoms with Gasteiger partial charge in [0.05, 0.1) is 10.4 Å². The summed E-state index contributed by atoms with van der Waals surface area (Å²) in [5, 5.41) is 2.93. The number of rotatable bonds is 3. The van der Waals surface area contributed by atoms with Crippen molar-refractivity contribution in [3.05, 3.63) is 24.3 Å². The van der Waals surface area contributed by atoms with Crippen LogP contribution in [0.2, 0.25) is 0 Å². The molecule has 0 radical (unpaired) electrons. The smallest absolute Gasteiger partial charge is 0.406 e. The minimum absolute atomic E-state index is 0. The Bertz CT molecular complexity index is 1060. The Hall–Kier alpha value is -2.54. The number of hydrogen-bond donors (Lipinski definition) is 1. The van der Waals surface area contributed by atoms with E-state index in [1.54, 1.807) is 9.80 Å². The second-order valence-corrected chi connectivity index (χ2v) is 11.1. The van der Waals surface area contributed by atoms with Gasteiger partial charge in [-0.25, -0.2) is 13.2 Å². The highest BCUT2D eigenvalue weighted by Crippen LogP contribution is 2.43. The van der Waals surface area contributed by atoms with Gasteiger partial charge in [-0.1, -0.05) is 0 Å². The van der Waals surface area contributed by atoms with E-state index >= 15 is 0 Å². The Morgan fingerprint density at radius 3 is 2.16 bits per heavy atom. The summed E-state index contributed by atoms with van der Waals surface area (Å²) in [4.78, 5) is 27.3. The second-order valence-electron chi connectivity index (χ2n) is 9.12. The number of nitrogens with zero attached hydrogens (tertiary/aromatic N) is 3. The van der Waals surface area contributed by atoms with E-state index in [0.717, 1.165) is 30.7 Å². The SMILES string of the molecule is O=C1CCC2(CN(C(=O)N3CC4(C3)CN(S(=O)(=O)c3ccc(OC(F)(F)F)cc3)C4)C2)N1.[HH]. The predicted molar refractivity (Wildman–Crippen MR) is 105 cm³/mol. The predicted octanol–water partition coefficient (Wildman–Crippen LogP) is 1.22. The van der Waals surface area contributed by atoms with Crippen molar-refractivity contribution in [1.29, 1.82) is 0 Å². The van der Waals surface area contributed by atoms with Gasteiger partial charge in [-0.2, -0.15) is 4.31 Å². The molecule has 4 fully saturated rings. The van der Waals surface area contributed by atoms with E-state index < -0.39 is 22.1 Å². The van der Waals surface area contributed by atoms with Gasteiger partial charge in [-0.05, 0) is 30.7 Å². The van der Waals surface area contributed by atoms with Crippen LogP contribution < -0.4 is 10.1 Å². The van der Waals surface area contributed by atoms with Crippen LogP contribution >= 0.6 is 0 Å². The number of halogens is 3. The Kier molecular flexibility index (Phi) is 4.48. The molecule has 1 aromatic rings. The number of ether oxygens (including phenoxy) is 1. The van der Waals surface area contributed by atoms with Crippen molar-refractivity contribution < 1.29 is 37.3 Å². The molecule has 0 unspecified atom stereocenters. The van der Waals surface area contributed by atoms with Gasteiger partial charge < -0.3 is 19.9 Å². The normalized spacial score (nSPS) is 24.0. The summed E-state index contributed by atoms with van der Waals surface area (Å²) >= 11 is 0. The van der Waals surface area contributed by atoms with Gasteiger partial charge in [0.25, 0.3) is 0 Å². The Morgan fingerprint density at radius 1 is 1.03 bits per heavy atom. The molecular weight excluding hydrogens is 453 g/mol. The molecule has 3 amide bonds. The largest absolute Gasteiger partial charge is 0.573 e. The standard InChI is InChI=1S/C19H21F3N4O5S.H2/c20-19(21,22)31-13-1-3-14(4-2-13)32(29,30)26-9-17(10-26)7-24(8-17)16(28)25-11-18(12-25)6-5-15(27)23-18;/h1-4H,5-12H2,(H,23,27);1H. The van der Waals surface area contributed by atoms with E-state index in [4.69, 9.17) is 0 Å². The van der Waals surface area contributed by atoms with E-state index in [2.05, 4.69) is 10.1 Å². The molecule has 1 N–H and O–H groups in total. The van der Waals surface area contributed by atoms with E-state index in [1.165, 1.54) is 4.31 Å². The highest BCUT2D eigenvalue weighted by Gasteiger charge is 2.58. The lowest BCUT2D eigenvalue weighted by Gasteiger charge is -2.61. The van der Waals surface area contributed by atoms with Crippen LogP contribution in [0.3, 0.4) is 0 Å². The first kappa shape index (κ1) is 21.3. The number of sulfonamides is 1. The first-order chi connectivity index (χ1) is 14.9. The fourth-order valence-electron chi connectivity index (χ4n) is 4.96. The zero-order valence-electron chi connectivity index (χ0n) is 16.9. The fourth-order valence-corrected chi connectivity index (χ4v) is 6.63. The lowest BCUT2D eigenvalue weighted by molar-refractivity contribution is -0.274. The molecule has 0 bridgehead atoms. The van der Waals surface area contributed by atoms with Gasteiger partial charge in [0, 0.05) is 52.5 Å². The van der Waals surface area contributed by atoms with Crippen LogP contribution in [-0.2, 0) is 14.8 Å². The molecule has 5 rings (SSSR count). The van der Waals surface area contributed by atoms with E-state index in [9.17, 15) is 31.2 Å². The molecular formula is C19H23F3N4O5S. The van der Waals surface area contributed by atoms with Gasteiger partial charge in [-0.3, -0.25) is 4.79 Å². The van der Waals surface area contributed by atoms with Gasteiger partial charge >= 0.3 is 12.4 Å². The Balaban J connectivity index is 0.00000259. The zero-order valence-corrected chi connectivity index (χ0v) is 17.7. The zero-order chi connectivity index (χ0) is 22.9. The highest BCUT2D eigenvalue weighted by atomic mass is 32.2. The molecule has 2 spiro atoms. The summed E-state index contributed by atoms with van der Waals surface area (Å²) in [6.07, 6.45) is -3.63. The number of alkyl halides is 3. The van der Waals surface area contributed by atoms with Gasteiger partial charge in [-0.15, -0.1) is 13.2 Å². The number of benzene rings is 1. The van der Waals surface area contributed by atoms with Crippen molar-refractivity contribution in [2.75, 3.05) is 39.3 Å². The van der Waals surface area contributed by atoms with Crippen LogP contribution in [0.25, 0.3) is 0 Å². The summed E-state index contributed by atoms with van der Waals surface area (Å²) in [5.74, 6) is -0.479. The molecule has 9 nitrogen and oxygen atoms in total. The molecule has 1 aromatic carbocycles. The minimum atomic E-state index is -4.85. The van der Waals surface area contributed by atoms with Crippen LogP contribution in [0.15, 0.2) is 29.2 Å².